The first-order valence-corrected chi connectivity index (χ1v) is 10.2. The van der Waals surface area contributed by atoms with Crippen molar-refractivity contribution in [2.24, 2.45) is 14.1 Å². The highest BCUT2D eigenvalue weighted by Crippen LogP contribution is 2.27. The third-order valence-corrected chi connectivity index (χ3v) is 5.43. The molecular weight excluding hydrogens is 374 g/mol. The molecule has 7 heteroatoms. The Morgan fingerprint density at radius 3 is 2.60 bits per heavy atom. The molecule has 1 aromatic carbocycles. The molecule has 0 aliphatic carbocycles. The predicted octanol–water partition coefficient (Wildman–Crippen LogP) is 3.91. The summed E-state index contributed by atoms with van der Waals surface area (Å²) < 4.78 is 3.79. The summed E-state index contributed by atoms with van der Waals surface area (Å²) in [6, 6.07) is 6.74. The van der Waals surface area contributed by atoms with Crippen molar-refractivity contribution in [3.8, 4) is 0 Å². The molecule has 0 aliphatic rings. The summed E-state index contributed by atoms with van der Waals surface area (Å²) in [5.74, 6) is 0.588. The van der Waals surface area contributed by atoms with E-state index in [1.54, 1.807) is 11.0 Å². The van der Waals surface area contributed by atoms with E-state index >= 15 is 0 Å². The van der Waals surface area contributed by atoms with Crippen LogP contribution in [0.25, 0.3) is 11.2 Å². The minimum Gasteiger partial charge on any atom is -0.350 e. The van der Waals surface area contributed by atoms with Crippen LogP contribution in [-0.4, -0.2) is 29.3 Å². The van der Waals surface area contributed by atoms with Crippen molar-refractivity contribution in [1.82, 2.24) is 29.3 Å². The van der Waals surface area contributed by atoms with Gasteiger partial charge in [-0.05, 0) is 29.0 Å². The van der Waals surface area contributed by atoms with Crippen LogP contribution in [-0.2, 0) is 32.5 Å². The van der Waals surface area contributed by atoms with E-state index in [9.17, 15) is 0 Å². The second kappa shape index (κ2) is 7.55. The van der Waals surface area contributed by atoms with Crippen LogP contribution >= 0.6 is 0 Å². The number of anilines is 1. The van der Waals surface area contributed by atoms with Crippen molar-refractivity contribution in [1.29, 1.82) is 0 Å². The number of hydrogen-bond donors (Lipinski definition) is 1. The third kappa shape index (κ3) is 4.06. The Morgan fingerprint density at radius 2 is 1.90 bits per heavy atom. The molecule has 3 heterocycles. The fraction of sp³-hybridized carbons (Fsp3) is 0.391. The molecule has 30 heavy (non-hydrogen) atoms. The zero-order chi connectivity index (χ0) is 21.5. The first kappa shape index (κ1) is 20.1. The molecule has 0 atom stereocenters. The quantitative estimate of drug-likeness (QED) is 0.547. The maximum Gasteiger partial charge on any atom is 0.225 e. The number of fused-ring (bicyclic) bond motifs is 1. The van der Waals surface area contributed by atoms with Gasteiger partial charge in [-0.3, -0.25) is 4.68 Å². The zero-order valence-electron chi connectivity index (χ0n) is 18.6. The van der Waals surface area contributed by atoms with Gasteiger partial charge < -0.3 is 9.88 Å². The Bertz CT molecular complexity index is 1190. The van der Waals surface area contributed by atoms with Gasteiger partial charge in [0.2, 0.25) is 5.95 Å². The average molecular weight is 404 g/mol. The van der Waals surface area contributed by atoms with Crippen LogP contribution in [0.2, 0.25) is 0 Å². The van der Waals surface area contributed by atoms with Crippen LogP contribution in [0.5, 0.6) is 0 Å². The van der Waals surface area contributed by atoms with Gasteiger partial charge in [0.05, 0.1) is 18.2 Å². The van der Waals surface area contributed by atoms with E-state index in [4.69, 9.17) is 4.98 Å². The molecule has 4 aromatic rings. The normalized spacial score (nSPS) is 11.9. The highest BCUT2D eigenvalue weighted by Gasteiger charge is 2.17. The molecule has 0 radical (unpaired) electrons. The lowest BCUT2D eigenvalue weighted by Gasteiger charge is -2.21. The number of aryl methyl sites for hydroxylation is 3. The van der Waals surface area contributed by atoms with Crippen molar-refractivity contribution in [3.05, 3.63) is 64.9 Å². The SMILES string of the molecule is Cc1ccc(C(C)(C)C)cc1Cc1nc(NCc2cnn(C)c2)nc2ncn(C)c12. The van der Waals surface area contributed by atoms with Gasteiger partial charge in [0.1, 0.15) is 5.52 Å². The van der Waals surface area contributed by atoms with E-state index in [2.05, 4.69) is 66.3 Å². The lowest BCUT2D eigenvalue weighted by Crippen LogP contribution is -2.12. The highest BCUT2D eigenvalue weighted by atomic mass is 15.2. The van der Waals surface area contributed by atoms with Gasteiger partial charge in [-0.1, -0.05) is 39.0 Å². The number of nitrogens with zero attached hydrogens (tertiary/aromatic N) is 6. The first-order chi connectivity index (χ1) is 14.2. The average Bonchev–Trinajstić information content (AvgIpc) is 3.26. The summed E-state index contributed by atoms with van der Waals surface area (Å²) in [7, 11) is 3.90. The van der Waals surface area contributed by atoms with Gasteiger partial charge in [-0.25, -0.2) is 9.97 Å². The number of imidazole rings is 1. The van der Waals surface area contributed by atoms with Gasteiger partial charge >= 0.3 is 0 Å². The first-order valence-electron chi connectivity index (χ1n) is 10.2. The number of hydrogen-bond acceptors (Lipinski definition) is 5. The summed E-state index contributed by atoms with van der Waals surface area (Å²) in [4.78, 5) is 14.0. The summed E-state index contributed by atoms with van der Waals surface area (Å²) in [5.41, 5.74) is 7.72. The number of aromatic nitrogens is 6. The standard InChI is InChI=1S/C23H29N7/c1-15-7-8-18(23(2,3)4)9-17(15)10-19-20-21(25-14-29(20)5)28-22(27-19)24-11-16-12-26-30(6)13-16/h7-9,12-14H,10-11H2,1-6H3,(H,24,27,28). The maximum atomic E-state index is 4.87. The largest absolute Gasteiger partial charge is 0.350 e. The van der Waals surface area contributed by atoms with Crippen LogP contribution in [0.3, 0.4) is 0 Å². The second-order valence-electron chi connectivity index (χ2n) is 8.97. The molecule has 0 saturated carbocycles. The molecule has 3 aromatic heterocycles. The molecule has 0 saturated heterocycles. The fourth-order valence-corrected chi connectivity index (χ4v) is 3.59. The van der Waals surface area contributed by atoms with Crippen LogP contribution in [0.1, 0.15) is 48.7 Å². The molecule has 7 nitrogen and oxygen atoms in total. The molecule has 156 valence electrons. The van der Waals surface area contributed by atoms with Crippen molar-refractivity contribution in [2.45, 2.75) is 46.1 Å². The number of benzene rings is 1. The van der Waals surface area contributed by atoms with Crippen LogP contribution in [0.15, 0.2) is 36.9 Å². The molecule has 0 aliphatic heterocycles. The lowest BCUT2D eigenvalue weighted by molar-refractivity contribution is 0.589. The highest BCUT2D eigenvalue weighted by molar-refractivity contribution is 5.75. The van der Waals surface area contributed by atoms with E-state index in [-0.39, 0.29) is 5.41 Å². The predicted molar refractivity (Wildman–Crippen MR) is 120 cm³/mol. The Balaban J connectivity index is 1.70. The molecule has 0 bridgehead atoms. The minimum absolute atomic E-state index is 0.104. The van der Waals surface area contributed by atoms with Crippen molar-refractivity contribution >= 4 is 17.1 Å². The van der Waals surface area contributed by atoms with E-state index in [0.717, 1.165) is 23.2 Å². The van der Waals surface area contributed by atoms with E-state index in [1.165, 1.54) is 16.7 Å². The molecule has 0 fully saturated rings. The van der Waals surface area contributed by atoms with Crippen molar-refractivity contribution in [2.75, 3.05) is 5.32 Å². The topological polar surface area (TPSA) is 73.5 Å². The molecular formula is C23H29N7. The lowest BCUT2D eigenvalue weighted by atomic mass is 9.84. The molecule has 4 rings (SSSR count). The molecule has 1 N–H and O–H groups in total. The van der Waals surface area contributed by atoms with Crippen LogP contribution in [0, 0.1) is 6.92 Å². The molecule has 0 unspecified atom stereocenters. The van der Waals surface area contributed by atoms with Gasteiger partial charge in [-0.15, -0.1) is 0 Å². The van der Waals surface area contributed by atoms with Gasteiger partial charge in [-0.2, -0.15) is 10.1 Å². The summed E-state index contributed by atoms with van der Waals surface area (Å²) in [6.07, 6.45) is 6.35. The van der Waals surface area contributed by atoms with Gasteiger partial charge in [0, 0.05) is 38.8 Å². The smallest absolute Gasteiger partial charge is 0.225 e. The van der Waals surface area contributed by atoms with Gasteiger partial charge in [0.25, 0.3) is 0 Å². The minimum atomic E-state index is 0.104. The summed E-state index contributed by atoms with van der Waals surface area (Å²) in [6.45, 7) is 9.50. The van der Waals surface area contributed by atoms with Gasteiger partial charge in [0.15, 0.2) is 5.65 Å². The zero-order valence-corrected chi connectivity index (χ0v) is 18.6. The Hall–Kier alpha value is -3.22. The Kier molecular flexibility index (Phi) is 5.05. The van der Waals surface area contributed by atoms with Crippen LogP contribution < -0.4 is 5.32 Å². The van der Waals surface area contributed by atoms with Crippen molar-refractivity contribution < 1.29 is 0 Å². The maximum absolute atomic E-state index is 4.87. The summed E-state index contributed by atoms with van der Waals surface area (Å²) in [5, 5.41) is 7.54. The molecule has 0 amide bonds. The Morgan fingerprint density at radius 1 is 1.10 bits per heavy atom. The summed E-state index contributed by atoms with van der Waals surface area (Å²) >= 11 is 0. The number of nitrogens with one attached hydrogen (secondary N) is 1. The monoisotopic (exact) mass is 403 g/mol. The molecule has 0 spiro atoms. The number of rotatable bonds is 5. The third-order valence-electron chi connectivity index (χ3n) is 5.43. The van der Waals surface area contributed by atoms with E-state index in [0.29, 0.717) is 18.1 Å². The second-order valence-corrected chi connectivity index (χ2v) is 8.97. The van der Waals surface area contributed by atoms with E-state index in [1.807, 2.05) is 31.1 Å². The van der Waals surface area contributed by atoms with E-state index < -0.39 is 0 Å². The van der Waals surface area contributed by atoms with Crippen molar-refractivity contribution in [3.63, 3.8) is 0 Å². The fourth-order valence-electron chi connectivity index (χ4n) is 3.59. The van der Waals surface area contributed by atoms with Crippen LogP contribution in [0.4, 0.5) is 5.95 Å². The Labute approximate surface area is 177 Å².